The van der Waals surface area contributed by atoms with Crippen LogP contribution in [-0.2, 0) is 4.79 Å². The number of aromatic nitrogens is 3. The van der Waals surface area contributed by atoms with E-state index in [1.54, 1.807) is 11.5 Å². The molecule has 1 aromatic rings. The van der Waals surface area contributed by atoms with Crippen LogP contribution in [0.3, 0.4) is 0 Å². The zero-order valence-electron chi connectivity index (χ0n) is 10.8. The molecule has 0 saturated heterocycles. The number of nitrogens with zero attached hydrogens (tertiary/aromatic N) is 2. The highest BCUT2D eigenvalue weighted by Crippen LogP contribution is 2.20. The number of aromatic amines is 1. The Kier molecular flexibility index (Phi) is 4.58. The summed E-state index contributed by atoms with van der Waals surface area (Å²) in [5, 5.41) is 6.93. The molecule has 1 heterocycles. The number of hydrogen-bond donors (Lipinski definition) is 3. The SMILES string of the molecule is CC(C)n1c(SCCC(C)(N)C(N)=O)n[nH]c1=O. The van der Waals surface area contributed by atoms with Crippen LogP contribution in [0.5, 0.6) is 0 Å². The standard InChI is InChI=1S/C10H19N5O2S/c1-6(2)15-8(17)13-14-9(15)18-5-4-10(3,12)7(11)16/h6H,4-5,12H2,1-3H3,(H2,11,16)(H,13,17). The number of primary amides is 1. The van der Waals surface area contributed by atoms with E-state index in [1.807, 2.05) is 13.8 Å². The molecule has 0 aromatic carbocycles. The van der Waals surface area contributed by atoms with E-state index in [2.05, 4.69) is 10.2 Å². The first-order valence-corrected chi connectivity index (χ1v) is 6.62. The molecule has 8 heteroatoms. The summed E-state index contributed by atoms with van der Waals surface area (Å²) in [6.45, 7) is 5.39. The Morgan fingerprint density at radius 1 is 1.61 bits per heavy atom. The monoisotopic (exact) mass is 273 g/mol. The topological polar surface area (TPSA) is 120 Å². The average molecular weight is 273 g/mol. The minimum Gasteiger partial charge on any atom is -0.368 e. The van der Waals surface area contributed by atoms with Gasteiger partial charge in [-0.25, -0.2) is 9.89 Å². The number of carbonyl (C=O) groups is 1. The third kappa shape index (κ3) is 3.36. The smallest absolute Gasteiger partial charge is 0.344 e. The van der Waals surface area contributed by atoms with Gasteiger partial charge in [-0.15, -0.1) is 5.10 Å². The Morgan fingerprint density at radius 2 is 2.22 bits per heavy atom. The van der Waals surface area contributed by atoms with Gasteiger partial charge in [-0.2, -0.15) is 0 Å². The summed E-state index contributed by atoms with van der Waals surface area (Å²) >= 11 is 1.37. The van der Waals surface area contributed by atoms with Crippen LogP contribution >= 0.6 is 11.8 Å². The van der Waals surface area contributed by atoms with Crippen molar-refractivity contribution >= 4 is 17.7 Å². The van der Waals surface area contributed by atoms with Gasteiger partial charge in [0.05, 0.1) is 5.54 Å². The van der Waals surface area contributed by atoms with E-state index >= 15 is 0 Å². The van der Waals surface area contributed by atoms with Gasteiger partial charge in [-0.1, -0.05) is 11.8 Å². The molecule has 0 fully saturated rings. The summed E-state index contributed by atoms with van der Waals surface area (Å²) in [7, 11) is 0. The summed E-state index contributed by atoms with van der Waals surface area (Å²) < 4.78 is 1.56. The molecule has 5 N–H and O–H groups in total. The van der Waals surface area contributed by atoms with Crippen molar-refractivity contribution in [2.45, 2.75) is 43.9 Å². The third-order valence-corrected chi connectivity index (χ3v) is 3.56. The molecule has 18 heavy (non-hydrogen) atoms. The van der Waals surface area contributed by atoms with Crippen molar-refractivity contribution in [1.29, 1.82) is 0 Å². The largest absolute Gasteiger partial charge is 0.368 e. The molecule has 0 aliphatic heterocycles. The Morgan fingerprint density at radius 3 is 2.72 bits per heavy atom. The molecule has 1 atom stereocenters. The molecule has 102 valence electrons. The number of hydrogen-bond acceptors (Lipinski definition) is 5. The van der Waals surface area contributed by atoms with Gasteiger partial charge in [0.1, 0.15) is 0 Å². The Balaban J connectivity index is 2.66. The summed E-state index contributed by atoms with van der Waals surface area (Å²) in [6.07, 6.45) is 0.423. The predicted molar refractivity (Wildman–Crippen MR) is 70.4 cm³/mol. The number of nitrogens with two attached hydrogens (primary N) is 2. The van der Waals surface area contributed by atoms with E-state index in [1.165, 1.54) is 11.8 Å². The molecule has 7 nitrogen and oxygen atoms in total. The fourth-order valence-corrected chi connectivity index (χ4v) is 2.58. The maximum absolute atomic E-state index is 11.5. The van der Waals surface area contributed by atoms with E-state index in [9.17, 15) is 9.59 Å². The summed E-state index contributed by atoms with van der Waals surface area (Å²) in [6, 6.07) is 0.0270. The fourth-order valence-electron chi connectivity index (χ4n) is 1.32. The van der Waals surface area contributed by atoms with Crippen LogP contribution < -0.4 is 17.2 Å². The van der Waals surface area contributed by atoms with Crippen LogP contribution in [0.4, 0.5) is 0 Å². The second kappa shape index (κ2) is 5.57. The second-order valence-corrected chi connectivity index (χ2v) is 5.72. The van der Waals surface area contributed by atoms with E-state index in [-0.39, 0.29) is 11.7 Å². The van der Waals surface area contributed by atoms with Crippen molar-refractivity contribution in [3.63, 3.8) is 0 Å². The number of H-pyrrole nitrogens is 1. The molecule has 0 radical (unpaired) electrons. The van der Waals surface area contributed by atoms with Crippen molar-refractivity contribution < 1.29 is 4.79 Å². The molecule has 0 aliphatic rings. The number of rotatable bonds is 6. The van der Waals surface area contributed by atoms with E-state index in [4.69, 9.17) is 11.5 Å². The maximum atomic E-state index is 11.5. The van der Waals surface area contributed by atoms with Gasteiger partial charge in [0, 0.05) is 11.8 Å². The number of amides is 1. The lowest BCUT2D eigenvalue weighted by atomic mass is 10.0. The van der Waals surface area contributed by atoms with Gasteiger partial charge in [-0.3, -0.25) is 9.36 Å². The zero-order valence-corrected chi connectivity index (χ0v) is 11.6. The summed E-state index contributed by atoms with van der Waals surface area (Å²) in [4.78, 5) is 22.5. The maximum Gasteiger partial charge on any atom is 0.344 e. The van der Waals surface area contributed by atoms with Crippen LogP contribution in [0.25, 0.3) is 0 Å². The molecule has 1 rings (SSSR count). The van der Waals surface area contributed by atoms with Gasteiger partial charge in [-0.05, 0) is 27.2 Å². The Hall–Kier alpha value is -1.28. The van der Waals surface area contributed by atoms with E-state index in [0.717, 1.165) is 0 Å². The van der Waals surface area contributed by atoms with Crippen LogP contribution in [0.15, 0.2) is 9.95 Å². The highest BCUT2D eigenvalue weighted by atomic mass is 32.2. The van der Waals surface area contributed by atoms with Gasteiger partial charge in [0.15, 0.2) is 5.16 Å². The van der Waals surface area contributed by atoms with Gasteiger partial charge >= 0.3 is 5.69 Å². The second-order valence-electron chi connectivity index (χ2n) is 4.66. The molecular formula is C10H19N5O2S. The first-order chi connectivity index (χ1) is 8.25. The molecule has 0 saturated carbocycles. The Labute approximate surface area is 109 Å². The van der Waals surface area contributed by atoms with Crippen LogP contribution in [-0.4, -0.2) is 32.0 Å². The first kappa shape index (κ1) is 14.8. The highest BCUT2D eigenvalue weighted by molar-refractivity contribution is 7.99. The minimum absolute atomic E-state index is 0.0270. The van der Waals surface area contributed by atoms with Gasteiger partial charge in [0.2, 0.25) is 5.91 Å². The lowest BCUT2D eigenvalue weighted by Gasteiger charge is -2.19. The lowest BCUT2D eigenvalue weighted by molar-refractivity contribution is -0.122. The van der Waals surface area contributed by atoms with E-state index in [0.29, 0.717) is 17.3 Å². The minimum atomic E-state index is -1.04. The van der Waals surface area contributed by atoms with Crippen molar-refractivity contribution in [3.05, 3.63) is 10.5 Å². The lowest BCUT2D eigenvalue weighted by Crippen LogP contribution is -2.49. The van der Waals surface area contributed by atoms with Gasteiger partial charge < -0.3 is 11.5 Å². The van der Waals surface area contributed by atoms with Crippen LogP contribution in [0.1, 0.15) is 33.2 Å². The summed E-state index contributed by atoms with van der Waals surface area (Å²) in [5.41, 5.74) is 9.65. The molecule has 0 bridgehead atoms. The zero-order chi connectivity index (χ0) is 13.9. The third-order valence-electron chi connectivity index (χ3n) is 2.60. The first-order valence-electron chi connectivity index (χ1n) is 5.64. The van der Waals surface area contributed by atoms with Crippen molar-refractivity contribution in [3.8, 4) is 0 Å². The number of nitrogens with one attached hydrogen (secondary N) is 1. The van der Waals surface area contributed by atoms with Crippen molar-refractivity contribution in [1.82, 2.24) is 14.8 Å². The average Bonchev–Trinajstić information content (AvgIpc) is 2.59. The number of carbonyl (C=O) groups excluding carboxylic acids is 1. The predicted octanol–water partition coefficient (Wildman–Crippen LogP) is -0.163. The highest BCUT2D eigenvalue weighted by Gasteiger charge is 2.25. The fraction of sp³-hybridized carbons (Fsp3) is 0.700. The molecule has 1 unspecified atom stereocenters. The molecule has 0 spiro atoms. The van der Waals surface area contributed by atoms with Crippen LogP contribution in [0.2, 0.25) is 0 Å². The van der Waals surface area contributed by atoms with Crippen molar-refractivity contribution in [2.24, 2.45) is 11.5 Å². The number of thioether (sulfide) groups is 1. The van der Waals surface area contributed by atoms with E-state index < -0.39 is 11.4 Å². The molecule has 0 aliphatic carbocycles. The summed E-state index contributed by atoms with van der Waals surface area (Å²) in [5.74, 6) is 0.0267. The van der Waals surface area contributed by atoms with Gasteiger partial charge in [0.25, 0.3) is 0 Å². The normalized spacial score (nSPS) is 14.7. The quantitative estimate of drug-likeness (QED) is 0.622. The molecule has 1 amide bonds. The molecule has 1 aromatic heterocycles. The van der Waals surface area contributed by atoms with Crippen molar-refractivity contribution in [2.75, 3.05) is 5.75 Å². The molecular weight excluding hydrogens is 254 g/mol. The van der Waals surface area contributed by atoms with Crippen LogP contribution in [0, 0.1) is 0 Å². The Bertz CT molecular complexity index is 477.